The van der Waals surface area contributed by atoms with Crippen LogP contribution in [0.4, 0.5) is 5.69 Å². The van der Waals surface area contributed by atoms with Gasteiger partial charge in [-0.2, -0.15) is 0 Å². The van der Waals surface area contributed by atoms with Crippen molar-refractivity contribution in [2.75, 3.05) is 30.3 Å². The van der Waals surface area contributed by atoms with Gasteiger partial charge in [-0.05, 0) is 51.1 Å². The van der Waals surface area contributed by atoms with Crippen molar-refractivity contribution >= 4 is 23.4 Å². The molecule has 0 radical (unpaired) electrons. The number of hydrogen-bond donors (Lipinski definition) is 1. The van der Waals surface area contributed by atoms with E-state index in [9.17, 15) is 4.79 Å². The monoisotopic (exact) mass is 465 g/mol. The lowest BCUT2D eigenvalue weighted by molar-refractivity contribution is -0.119. The summed E-state index contributed by atoms with van der Waals surface area (Å²) in [4.78, 5) is 15.0. The van der Waals surface area contributed by atoms with Gasteiger partial charge in [0, 0.05) is 42.9 Å². The summed E-state index contributed by atoms with van der Waals surface area (Å²) >= 11 is 1.42. The Kier molecular flexibility index (Phi) is 7.54. The molecule has 0 saturated heterocycles. The molecule has 2 aromatic carbocycles. The van der Waals surface area contributed by atoms with E-state index in [-0.39, 0.29) is 11.9 Å². The number of nitrogens with zero attached hydrogens (tertiary/aromatic N) is 4. The molecule has 1 aliphatic heterocycles. The average Bonchev–Trinajstić information content (AvgIpc) is 3.27. The van der Waals surface area contributed by atoms with E-state index in [0.29, 0.717) is 12.4 Å². The molecule has 7 nitrogen and oxygen atoms in total. The Bertz CT molecular complexity index is 1080. The van der Waals surface area contributed by atoms with Crippen molar-refractivity contribution in [3.63, 3.8) is 0 Å². The minimum absolute atomic E-state index is 0.0162. The molecule has 8 heteroatoms. The van der Waals surface area contributed by atoms with Gasteiger partial charge in [0.05, 0.1) is 18.4 Å². The highest BCUT2D eigenvalue weighted by Gasteiger charge is 2.23. The van der Waals surface area contributed by atoms with Crippen LogP contribution in [0.1, 0.15) is 38.8 Å². The number of nitrogens with one attached hydrogen (secondary N) is 1. The number of para-hydroxylation sites is 1. The molecule has 0 saturated carbocycles. The first-order valence-electron chi connectivity index (χ1n) is 11.6. The number of rotatable bonds is 9. The SMILES string of the molecule is CCN(CC)c1ccc(-c2nnc(SCC(=O)NC3CCOc4ccccc43)n2CC)cc1. The summed E-state index contributed by atoms with van der Waals surface area (Å²) in [7, 11) is 0. The lowest BCUT2D eigenvalue weighted by Gasteiger charge is -2.26. The summed E-state index contributed by atoms with van der Waals surface area (Å²) in [5.74, 6) is 1.95. The summed E-state index contributed by atoms with van der Waals surface area (Å²) in [5.41, 5.74) is 3.26. The molecule has 4 rings (SSSR count). The molecular formula is C25H31N5O2S. The van der Waals surface area contributed by atoms with Crippen LogP contribution in [0, 0.1) is 0 Å². The Hall–Kier alpha value is -3.00. The van der Waals surface area contributed by atoms with Crippen molar-refractivity contribution < 1.29 is 9.53 Å². The molecule has 0 fully saturated rings. The fraction of sp³-hybridized carbons (Fsp3) is 0.400. The van der Waals surface area contributed by atoms with Crippen LogP contribution >= 0.6 is 11.8 Å². The quantitative estimate of drug-likeness (QED) is 0.468. The highest BCUT2D eigenvalue weighted by molar-refractivity contribution is 7.99. The van der Waals surface area contributed by atoms with Crippen LogP contribution in [-0.2, 0) is 11.3 Å². The summed E-state index contributed by atoms with van der Waals surface area (Å²) < 4.78 is 7.76. The first kappa shape index (κ1) is 23.2. The Balaban J connectivity index is 1.41. The average molecular weight is 466 g/mol. The zero-order chi connectivity index (χ0) is 23.2. The molecule has 0 spiro atoms. The van der Waals surface area contributed by atoms with Gasteiger partial charge >= 0.3 is 0 Å². The van der Waals surface area contributed by atoms with Gasteiger partial charge in [0.25, 0.3) is 0 Å². The lowest BCUT2D eigenvalue weighted by Crippen LogP contribution is -2.33. The van der Waals surface area contributed by atoms with E-state index < -0.39 is 0 Å². The summed E-state index contributed by atoms with van der Waals surface area (Å²) in [5, 5.41) is 12.7. The van der Waals surface area contributed by atoms with Crippen molar-refractivity contribution in [2.45, 2.75) is 44.9 Å². The fourth-order valence-corrected chi connectivity index (χ4v) is 4.98. The summed E-state index contributed by atoms with van der Waals surface area (Å²) in [6.45, 7) is 9.68. The van der Waals surface area contributed by atoms with Crippen LogP contribution in [0.25, 0.3) is 11.4 Å². The summed E-state index contributed by atoms with van der Waals surface area (Å²) in [6, 6.07) is 16.3. The summed E-state index contributed by atoms with van der Waals surface area (Å²) in [6.07, 6.45) is 0.770. The molecule has 1 amide bonds. The maximum Gasteiger partial charge on any atom is 0.230 e. The second-order valence-electron chi connectivity index (χ2n) is 7.85. The van der Waals surface area contributed by atoms with E-state index in [1.165, 1.54) is 17.4 Å². The van der Waals surface area contributed by atoms with Gasteiger partial charge in [0.2, 0.25) is 5.91 Å². The third-order valence-electron chi connectivity index (χ3n) is 5.91. The number of fused-ring (bicyclic) bond motifs is 1. The first-order valence-corrected chi connectivity index (χ1v) is 12.6. The van der Waals surface area contributed by atoms with Gasteiger partial charge < -0.3 is 19.5 Å². The molecule has 1 unspecified atom stereocenters. The minimum Gasteiger partial charge on any atom is -0.493 e. The molecule has 0 aliphatic carbocycles. The van der Waals surface area contributed by atoms with Gasteiger partial charge in [0.1, 0.15) is 5.75 Å². The number of hydrogen-bond acceptors (Lipinski definition) is 6. The van der Waals surface area contributed by atoms with Crippen molar-refractivity contribution in [2.24, 2.45) is 0 Å². The van der Waals surface area contributed by atoms with Crippen LogP contribution in [-0.4, -0.2) is 46.1 Å². The van der Waals surface area contributed by atoms with Gasteiger partial charge in [-0.15, -0.1) is 10.2 Å². The Labute approximate surface area is 199 Å². The smallest absolute Gasteiger partial charge is 0.230 e. The fourth-order valence-electron chi connectivity index (χ4n) is 4.16. The molecular weight excluding hydrogens is 434 g/mol. The minimum atomic E-state index is -0.0213. The van der Waals surface area contributed by atoms with Crippen molar-refractivity contribution in [1.29, 1.82) is 0 Å². The second kappa shape index (κ2) is 10.7. The van der Waals surface area contributed by atoms with Crippen molar-refractivity contribution in [3.8, 4) is 17.1 Å². The molecule has 174 valence electrons. The Morgan fingerprint density at radius 3 is 2.61 bits per heavy atom. The molecule has 3 aromatic rings. The van der Waals surface area contributed by atoms with Crippen LogP contribution in [0.2, 0.25) is 0 Å². The highest BCUT2D eigenvalue weighted by atomic mass is 32.2. The second-order valence-corrected chi connectivity index (χ2v) is 8.80. The normalized spacial score (nSPS) is 14.9. The van der Waals surface area contributed by atoms with E-state index in [1.54, 1.807) is 0 Å². The maximum atomic E-state index is 12.7. The maximum absolute atomic E-state index is 12.7. The van der Waals surface area contributed by atoms with Crippen LogP contribution in [0.3, 0.4) is 0 Å². The topological polar surface area (TPSA) is 72.3 Å². The van der Waals surface area contributed by atoms with Crippen LogP contribution in [0.15, 0.2) is 53.7 Å². The largest absolute Gasteiger partial charge is 0.493 e. The molecule has 1 aliphatic rings. The Morgan fingerprint density at radius 1 is 1.12 bits per heavy atom. The third kappa shape index (κ3) is 5.16. The molecule has 1 aromatic heterocycles. The van der Waals surface area contributed by atoms with E-state index >= 15 is 0 Å². The Morgan fingerprint density at radius 2 is 1.88 bits per heavy atom. The number of aromatic nitrogens is 3. The van der Waals surface area contributed by atoms with Gasteiger partial charge in [0.15, 0.2) is 11.0 Å². The van der Waals surface area contributed by atoms with Crippen LogP contribution in [0.5, 0.6) is 5.75 Å². The first-order chi connectivity index (χ1) is 16.1. The van der Waals surface area contributed by atoms with E-state index in [0.717, 1.165) is 53.9 Å². The van der Waals surface area contributed by atoms with E-state index in [4.69, 9.17) is 4.74 Å². The number of benzene rings is 2. The number of thioether (sulfide) groups is 1. The number of carbonyl (C=O) groups is 1. The zero-order valence-electron chi connectivity index (χ0n) is 19.5. The molecule has 0 bridgehead atoms. The molecule has 2 heterocycles. The number of ether oxygens (including phenoxy) is 1. The predicted molar refractivity (Wildman–Crippen MR) is 133 cm³/mol. The predicted octanol–water partition coefficient (Wildman–Crippen LogP) is 4.54. The van der Waals surface area contributed by atoms with Crippen LogP contribution < -0.4 is 15.0 Å². The van der Waals surface area contributed by atoms with Gasteiger partial charge in [-0.1, -0.05) is 30.0 Å². The number of anilines is 1. The third-order valence-corrected chi connectivity index (χ3v) is 6.88. The lowest BCUT2D eigenvalue weighted by atomic mass is 10.0. The number of amides is 1. The van der Waals surface area contributed by atoms with Crippen molar-refractivity contribution in [3.05, 3.63) is 54.1 Å². The highest BCUT2D eigenvalue weighted by Crippen LogP contribution is 2.32. The molecule has 33 heavy (non-hydrogen) atoms. The molecule has 1 N–H and O–H groups in total. The van der Waals surface area contributed by atoms with Gasteiger partial charge in [-0.3, -0.25) is 4.79 Å². The van der Waals surface area contributed by atoms with Crippen molar-refractivity contribution in [1.82, 2.24) is 20.1 Å². The van der Waals surface area contributed by atoms with E-state index in [2.05, 4.69) is 70.0 Å². The zero-order valence-corrected chi connectivity index (χ0v) is 20.3. The number of carbonyl (C=O) groups excluding carboxylic acids is 1. The van der Waals surface area contributed by atoms with Gasteiger partial charge in [-0.25, -0.2) is 0 Å². The van der Waals surface area contributed by atoms with E-state index in [1.807, 2.05) is 24.3 Å². The standard InChI is InChI=1S/C25H31N5O2S/c1-4-29(5-2)19-13-11-18(12-14-19)24-27-28-25(30(24)6-3)33-17-23(31)26-21-15-16-32-22-10-8-7-9-20(21)22/h7-14,21H,4-6,15-17H2,1-3H3,(H,26,31). The molecule has 1 atom stereocenters.